The average Bonchev–Trinajstić information content (AvgIpc) is 2.82. The first-order chi connectivity index (χ1) is 11.0. The van der Waals surface area contributed by atoms with Crippen LogP contribution in [0.1, 0.15) is 18.2 Å². The summed E-state index contributed by atoms with van der Waals surface area (Å²) < 4.78 is 28.3. The molecule has 3 aromatic rings. The topological polar surface area (TPSA) is 55.1 Å². The molecule has 2 heterocycles. The number of imidazole rings is 1. The molecule has 0 saturated carbocycles. The van der Waals surface area contributed by atoms with E-state index in [1.165, 1.54) is 12.1 Å². The summed E-state index contributed by atoms with van der Waals surface area (Å²) in [6.07, 6.45) is 1.13. The van der Waals surface area contributed by atoms with Gasteiger partial charge in [0, 0.05) is 13.1 Å². The first-order valence-corrected chi connectivity index (χ1v) is 7.00. The van der Waals surface area contributed by atoms with Crippen molar-refractivity contribution in [3.63, 3.8) is 0 Å². The highest BCUT2D eigenvalue weighted by atomic mass is 19.1. The molecule has 0 atom stereocenters. The van der Waals surface area contributed by atoms with E-state index in [2.05, 4.69) is 20.5 Å². The summed E-state index contributed by atoms with van der Waals surface area (Å²) in [5.74, 6) is -0.217. The summed E-state index contributed by atoms with van der Waals surface area (Å²) in [7, 11) is 1.82. The maximum Gasteiger partial charge on any atom is 0.224 e. The van der Waals surface area contributed by atoms with Gasteiger partial charge in [0.25, 0.3) is 0 Å². The second-order valence-corrected chi connectivity index (χ2v) is 5.26. The van der Waals surface area contributed by atoms with Crippen molar-refractivity contribution in [1.29, 1.82) is 0 Å². The van der Waals surface area contributed by atoms with E-state index in [0.717, 1.165) is 11.7 Å². The predicted molar refractivity (Wildman–Crippen MR) is 85.4 cm³/mol. The van der Waals surface area contributed by atoms with Gasteiger partial charge in [0.05, 0.1) is 28.6 Å². The SMILES string of the molecule is C/C(=N\Nc1nc2cc(F)c(C)cc2n1C)c1ccc(F)cn1. The molecule has 7 heteroatoms. The number of anilines is 1. The van der Waals surface area contributed by atoms with Crippen molar-refractivity contribution >= 4 is 22.7 Å². The molecule has 23 heavy (non-hydrogen) atoms. The van der Waals surface area contributed by atoms with E-state index in [0.29, 0.717) is 28.4 Å². The zero-order valence-electron chi connectivity index (χ0n) is 12.9. The molecule has 0 fully saturated rings. The largest absolute Gasteiger partial charge is 0.312 e. The summed E-state index contributed by atoms with van der Waals surface area (Å²) in [5, 5.41) is 4.20. The molecule has 0 saturated heterocycles. The van der Waals surface area contributed by atoms with Crippen LogP contribution in [0.25, 0.3) is 11.0 Å². The van der Waals surface area contributed by atoms with Crippen molar-refractivity contribution in [1.82, 2.24) is 14.5 Å². The van der Waals surface area contributed by atoms with Crippen molar-refractivity contribution < 1.29 is 8.78 Å². The van der Waals surface area contributed by atoms with Crippen molar-refractivity contribution in [2.24, 2.45) is 12.1 Å². The summed E-state index contributed by atoms with van der Waals surface area (Å²) in [5.41, 5.74) is 5.89. The molecule has 0 bridgehead atoms. The van der Waals surface area contributed by atoms with Crippen LogP contribution >= 0.6 is 0 Å². The molecular weight excluding hydrogens is 300 g/mol. The fourth-order valence-corrected chi connectivity index (χ4v) is 2.20. The Morgan fingerprint density at radius 3 is 2.74 bits per heavy atom. The van der Waals surface area contributed by atoms with Crippen LogP contribution in [-0.4, -0.2) is 20.2 Å². The van der Waals surface area contributed by atoms with Gasteiger partial charge >= 0.3 is 0 Å². The van der Waals surface area contributed by atoms with Crippen LogP contribution in [0.5, 0.6) is 0 Å². The first kappa shape index (κ1) is 15.1. The molecule has 0 radical (unpaired) electrons. The van der Waals surface area contributed by atoms with Crippen molar-refractivity contribution in [3.05, 3.63) is 53.4 Å². The Morgan fingerprint density at radius 2 is 2.04 bits per heavy atom. The van der Waals surface area contributed by atoms with Crippen LogP contribution in [0.15, 0.2) is 35.6 Å². The number of nitrogens with zero attached hydrogens (tertiary/aromatic N) is 4. The number of hydrogen-bond acceptors (Lipinski definition) is 4. The van der Waals surface area contributed by atoms with Crippen molar-refractivity contribution in [2.75, 3.05) is 5.43 Å². The average molecular weight is 315 g/mol. The van der Waals surface area contributed by atoms with Crippen LogP contribution in [0.4, 0.5) is 14.7 Å². The number of aromatic nitrogens is 3. The van der Waals surface area contributed by atoms with E-state index in [-0.39, 0.29) is 5.82 Å². The molecule has 0 aliphatic carbocycles. The van der Waals surface area contributed by atoms with Gasteiger partial charge in [-0.3, -0.25) is 4.98 Å². The molecule has 3 rings (SSSR count). The number of aryl methyl sites for hydroxylation is 2. The monoisotopic (exact) mass is 315 g/mol. The Labute approximate surface area is 131 Å². The summed E-state index contributed by atoms with van der Waals surface area (Å²) >= 11 is 0. The van der Waals surface area contributed by atoms with E-state index in [9.17, 15) is 8.78 Å². The van der Waals surface area contributed by atoms with Gasteiger partial charge in [0.15, 0.2) is 0 Å². The van der Waals surface area contributed by atoms with Crippen LogP contribution in [0.3, 0.4) is 0 Å². The lowest BCUT2D eigenvalue weighted by Gasteiger charge is -2.03. The highest BCUT2D eigenvalue weighted by Crippen LogP contribution is 2.21. The van der Waals surface area contributed by atoms with Crippen LogP contribution < -0.4 is 5.43 Å². The zero-order chi connectivity index (χ0) is 16.6. The molecule has 0 spiro atoms. The van der Waals surface area contributed by atoms with Gasteiger partial charge in [-0.1, -0.05) is 0 Å². The van der Waals surface area contributed by atoms with E-state index >= 15 is 0 Å². The van der Waals surface area contributed by atoms with E-state index in [1.54, 1.807) is 30.5 Å². The second-order valence-electron chi connectivity index (χ2n) is 5.26. The van der Waals surface area contributed by atoms with E-state index < -0.39 is 5.82 Å². The third-order valence-corrected chi connectivity index (χ3v) is 3.58. The minimum atomic E-state index is -0.401. The Bertz CT molecular complexity index is 897. The molecule has 2 aromatic heterocycles. The summed E-state index contributed by atoms with van der Waals surface area (Å²) in [6, 6.07) is 6.00. The Balaban J connectivity index is 1.90. The molecule has 1 N–H and O–H groups in total. The van der Waals surface area contributed by atoms with Crippen molar-refractivity contribution in [3.8, 4) is 0 Å². The first-order valence-electron chi connectivity index (χ1n) is 7.00. The number of hydrogen-bond donors (Lipinski definition) is 1. The summed E-state index contributed by atoms with van der Waals surface area (Å²) in [6.45, 7) is 3.46. The number of fused-ring (bicyclic) bond motifs is 1. The van der Waals surface area contributed by atoms with Gasteiger partial charge < -0.3 is 4.57 Å². The van der Waals surface area contributed by atoms with Gasteiger partial charge in [-0.05, 0) is 37.6 Å². The number of pyridine rings is 1. The molecule has 118 valence electrons. The number of benzene rings is 1. The highest BCUT2D eigenvalue weighted by Gasteiger charge is 2.10. The summed E-state index contributed by atoms with van der Waals surface area (Å²) in [4.78, 5) is 8.27. The molecule has 5 nitrogen and oxygen atoms in total. The Kier molecular flexibility index (Phi) is 3.77. The van der Waals surface area contributed by atoms with Gasteiger partial charge in [-0.15, -0.1) is 0 Å². The van der Waals surface area contributed by atoms with Crippen LogP contribution in [-0.2, 0) is 7.05 Å². The number of hydrazone groups is 1. The normalized spacial score (nSPS) is 12.0. The standard InChI is InChI=1S/C16H15F2N5/c1-9-6-15-14(7-12(9)18)20-16(23(15)3)22-21-10(2)13-5-4-11(17)8-19-13/h4-8H,1-3H3,(H,20,22)/b21-10+. The lowest BCUT2D eigenvalue weighted by atomic mass is 10.2. The zero-order valence-corrected chi connectivity index (χ0v) is 12.9. The van der Waals surface area contributed by atoms with Gasteiger partial charge in [0.1, 0.15) is 11.6 Å². The van der Waals surface area contributed by atoms with E-state index in [4.69, 9.17) is 0 Å². The minimum absolute atomic E-state index is 0.294. The fraction of sp³-hybridized carbons (Fsp3) is 0.188. The number of nitrogens with one attached hydrogen (secondary N) is 1. The molecule has 0 amide bonds. The van der Waals surface area contributed by atoms with Gasteiger partial charge in [-0.2, -0.15) is 5.10 Å². The number of halogens is 2. The molecule has 1 aromatic carbocycles. The van der Waals surface area contributed by atoms with E-state index in [1.807, 2.05) is 7.05 Å². The molecule has 0 aliphatic heterocycles. The molecular formula is C16H15F2N5. The maximum absolute atomic E-state index is 13.6. The minimum Gasteiger partial charge on any atom is -0.312 e. The third kappa shape index (κ3) is 2.90. The van der Waals surface area contributed by atoms with Gasteiger partial charge in [0.2, 0.25) is 5.95 Å². The third-order valence-electron chi connectivity index (χ3n) is 3.58. The van der Waals surface area contributed by atoms with Crippen LogP contribution in [0, 0.1) is 18.6 Å². The Hall–Kier alpha value is -2.83. The van der Waals surface area contributed by atoms with Crippen molar-refractivity contribution in [2.45, 2.75) is 13.8 Å². The maximum atomic E-state index is 13.6. The van der Waals surface area contributed by atoms with Crippen LogP contribution in [0.2, 0.25) is 0 Å². The lowest BCUT2D eigenvalue weighted by Crippen LogP contribution is -2.05. The predicted octanol–water partition coefficient (Wildman–Crippen LogP) is 3.39. The van der Waals surface area contributed by atoms with Gasteiger partial charge in [-0.25, -0.2) is 19.2 Å². The fourth-order valence-electron chi connectivity index (χ4n) is 2.20. The lowest BCUT2D eigenvalue weighted by molar-refractivity contribution is 0.620. The molecule has 0 unspecified atom stereocenters. The number of rotatable bonds is 3. The molecule has 0 aliphatic rings. The second kappa shape index (κ2) is 5.75. The quantitative estimate of drug-likeness (QED) is 0.595. The Morgan fingerprint density at radius 1 is 1.26 bits per heavy atom. The smallest absolute Gasteiger partial charge is 0.224 e. The highest BCUT2D eigenvalue weighted by molar-refractivity contribution is 5.97.